The minimum Gasteiger partial charge on any atom is -0.497 e. The zero-order chi connectivity index (χ0) is 19.4. The summed E-state index contributed by atoms with van der Waals surface area (Å²) in [7, 11) is 1.67. The second-order valence-electron chi connectivity index (χ2n) is 7.50. The van der Waals surface area contributed by atoms with Gasteiger partial charge in [0.15, 0.2) is 0 Å². The van der Waals surface area contributed by atoms with Crippen molar-refractivity contribution >= 4 is 22.6 Å². The number of hydrogen-bond donors (Lipinski definition) is 0. The first-order valence-electron chi connectivity index (χ1n) is 9.46. The summed E-state index contributed by atoms with van der Waals surface area (Å²) in [6.07, 6.45) is 1.31. The summed E-state index contributed by atoms with van der Waals surface area (Å²) in [5.41, 5.74) is 1.14. The SMILES string of the molecule is COc1cccc(Cc2nsc(N3CCN(C(=O)CC(C)C)C(C)C3)n2)c1. The third-order valence-electron chi connectivity index (χ3n) is 4.75. The smallest absolute Gasteiger partial charge is 0.223 e. The lowest BCUT2D eigenvalue weighted by Gasteiger charge is -2.40. The van der Waals surface area contributed by atoms with E-state index in [-0.39, 0.29) is 11.9 Å². The molecule has 0 aliphatic carbocycles. The van der Waals surface area contributed by atoms with Crippen molar-refractivity contribution in [2.45, 2.75) is 39.7 Å². The Kier molecular flexibility index (Phi) is 6.31. The van der Waals surface area contributed by atoms with Crippen LogP contribution in [0.15, 0.2) is 24.3 Å². The normalized spacial score (nSPS) is 17.4. The molecule has 0 N–H and O–H groups in total. The zero-order valence-corrected chi connectivity index (χ0v) is 17.3. The molecule has 0 bridgehead atoms. The van der Waals surface area contributed by atoms with Crippen molar-refractivity contribution in [1.82, 2.24) is 14.3 Å². The average molecular weight is 389 g/mol. The molecule has 1 aliphatic heterocycles. The molecular formula is C20H28N4O2S. The second-order valence-corrected chi connectivity index (χ2v) is 8.23. The molecule has 0 saturated carbocycles. The number of nitrogens with zero attached hydrogens (tertiary/aromatic N) is 4. The number of rotatable bonds is 6. The van der Waals surface area contributed by atoms with E-state index in [1.54, 1.807) is 7.11 Å². The topological polar surface area (TPSA) is 58.6 Å². The Morgan fingerprint density at radius 3 is 2.89 bits per heavy atom. The fourth-order valence-electron chi connectivity index (χ4n) is 3.38. The Bertz CT molecular complexity index is 777. The summed E-state index contributed by atoms with van der Waals surface area (Å²) in [4.78, 5) is 21.4. The maximum Gasteiger partial charge on any atom is 0.223 e. The van der Waals surface area contributed by atoms with E-state index in [0.717, 1.165) is 41.9 Å². The molecule has 2 aromatic rings. The minimum absolute atomic E-state index is 0.190. The van der Waals surface area contributed by atoms with Crippen LogP contribution in [0.5, 0.6) is 5.75 Å². The van der Waals surface area contributed by atoms with E-state index in [2.05, 4.69) is 36.1 Å². The van der Waals surface area contributed by atoms with Crippen molar-refractivity contribution in [3.63, 3.8) is 0 Å². The second kappa shape index (κ2) is 8.69. The van der Waals surface area contributed by atoms with E-state index >= 15 is 0 Å². The van der Waals surface area contributed by atoms with E-state index in [4.69, 9.17) is 9.72 Å². The molecule has 1 atom stereocenters. The first kappa shape index (κ1) is 19.6. The number of anilines is 1. The van der Waals surface area contributed by atoms with Gasteiger partial charge in [0.05, 0.1) is 7.11 Å². The van der Waals surface area contributed by atoms with Crippen LogP contribution in [0.3, 0.4) is 0 Å². The van der Waals surface area contributed by atoms with E-state index in [9.17, 15) is 4.79 Å². The number of aromatic nitrogens is 2. The Balaban J connectivity index is 1.61. The maximum atomic E-state index is 12.4. The lowest BCUT2D eigenvalue weighted by molar-refractivity contribution is -0.134. The van der Waals surface area contributed by atoms with Crippen LogP contribution in [0.25, 0.3) is 0 Å². The molecule has 1 fully saturated rings. The molecule has 1 saturated heterocycles. The average Bonchev–Trinajstić information content (AvgIpc) is 3.09. The van der Waals surface area contributed by atoms with Crippen LogP contribution < -0.4 is 9.64 Å². The van der Waals surface area contributed by atoms with Crippen molar-refractivity contribution in [2.75, 3.05) is 31.6 Å². The maximum absolute atomic E-state index is 12.4. The number of piperazine rings is 1. The van der Waals surface area contributed by atoms with Crippen LogP contribution in [-0.2, 0) is 11.2 Å². The van der Waals surface area contributed by atoms with Gasteiger partial charge in [0.25, 0.3) is 0 Å². The highest BCUT2D eigenvalue weighted by atomic mass is 32.1. The fraction of sp³-hybridized carbons (Fsp3) is 0.550. The molecule has 7 heteroatoms. The fourth-order valence-corrected chi connectivity index (χ4v) is 4.10. The number of benzene rings is 1. The van der Waals surface area contributed by atoms with Gasteiger partial charge < -0.3 is 14.5 Å². The van der Waals surface area contributed by atoms with Gasteiger partial charge in [0.2, 0.25) is 11.0 Å². The molecule has 1 aliphatic rings. The number of carbonyl (C=O) groups excluding carboxylic acids is 1. The summed E-state index contributed by atoms with van der Waals surface area (Å²) in [6.45, 7) is 8.65. The highest BCUT2D eigenvalue weighted by molar-refractivity contribution is 7.09. The lowest BCUT2D eigenvalue weighted by atomic mass is 10.1. The number of methoxy groups -OCH3 is 1. The highest BCUT2D eigenvalue weighted by Crippen LogP contribution is 2.24. The molecule has 1 aromatic heterocycles. The summed E-state index contributed by atoms with van der Waals surface area (Å²) < 4.78 is 9.81. The Labute approximate surface area is 165 Å². The first-order valence-corrected chi connectivity index (χ1v) is 10.2. The van der Waals surface area contributed by atoms with Crippen molar-refractivity contribution in [3.8, 4) is 5.75 Å². The summed E-state index contributed by atoms with van der Waals surface area (Å²) in [5, 5.41) is 0.940. The van der Waals surface area contributed by atoms with Crippen molar-refractivity contribution in [1.29, 1.82) is 0 Å². The monoisotopic (exact) mass is 388 g/mol. The number of ether oxygens (including phenoxy) is 1. The quantitative estimate of drug-likeness (QED) is 0.760. The van der Waals surface area contributed by atoms with Gasteiger partial charge in [-0.05, 0) is 30.5 Å². The van der Waals surface area contributed by atoms with Gasteiger partial charge in [-0.3, -0.25) is 4.79 Å². The predicted molar refractivity (Wildman–Crippen MR) is 109 cm³/mol. The highest BCUT2D eigenvalue weighted by Gasteiger charge is 2.29. The predicted octanol–water partition coefficient (Wildman–Crippen LogP) is 3.22. The van der Waals surface area contributed by atoms with Gasteiger partial charge >= 0.3 is 0 Å². The molecule has 146 valence electrons. The molecule has 3 rings (SSSR count). The summed E-state index contributed by atoms with van der Waals surface area (Å²) in [6, 6.07) is 8.18. The Morgan fingerprint density at radius 2 is 2.19 bits per heavy atom. The molecule has 0 spiro atoms. The molecule has 27 heavy (non-hydrogen) atoms. The largest absolute Gasteiger partial charge is 0.497 e. The zero-order valence-electron chi connectivity index (χ0n) is 16.5. The minimum atomic E-state index is 0.190. The van der Waals surface area contributed by atoms with E-state index in [1.807, 2.05) is 23.1 Å². The Morgan fingerprint density at radius 1 is 1.37 bits per heavy atom. The number of amides is 1. The molecule has 1 aromatic carbocycles. The van der Waals surface area contributed by atoms with Gasteiger partial charge in [-0.2, -0.15) is 4.37 Å². The van der Waals surface area contributed by atoms with Gasteiger partial charge in [-0.15, -0.1) is 0 Å². The van der Waals surface area contributed by atoms with Crippen molar-refractivity contribution in [2.24, 2.45) is 5.92 Å². The van der Waals surface area contributed by atoms with Crippen LogP contribution in [0.1, 0.15) is 38.6 Å². The van der Waals surface area contributed by atoms with E-state index in [0.29, 0.717) is 18.8 Å². The van der Waals surface area contributed by atoms with Crippen LogP contribution in [0.2, 0.25) is 0 Å². The standard InChI is InChI=1S/C20H28N4O2S/c1-14(2)10-19(25)24-9-8-23(13-15(24)3)20-21-18(22-27-20)12-16-6-5-7-17(11-16)26-4/h5-7,11,14-15H,8-10,12-13H2,1-4H3. The Hall–Kier alpha value is -2.15. The van der Waals surface area contributed by atoms with Crippen LogP contribution in [-0.4, -0.2) is 53.0 Å². The number of hydrogen-bond acceptors (Lipinski definition) is 6. The third kappa shape index (κ3) is 4.97. The molecule has 1 unspecified atom stereocenters. The molecular weight excluding hydrogens is 360 g/mol. The van der Waals surface area contributed by atoms with Gasteiger partial charge in [0, 0.05) is 50.1 Å². The number of carbonyl (C=O) groups is 1. The molecule has 0 radical (unpaired) electrons. The third-order valence-corrected chi connectivity index (χ3v) is 5.57. The van der Waals surface area contributed by atoms with Gasteiger partial charge in [-0.25, -0.2) is 4.98 Å². The first-order chi connectivity index (χ1) is 13.0. The molecule has 1 amide bonds. The summed E-state index contributed by atoms with van der Waals surface area (Å²) >= 11 is 1.44. The van der Waals surface area contributed by atoms with Crippen LogP contribution >= 0.6 is 11.5 Å². The lowest BCUT2D eigenvalue weighted by Crippen LogP contribution is -2.54. The van der Waals surface area contributed by atoms with Crippen LogP contribution in [0, 0.1) is 5.92 Å². The van der Waals surface area contributed by atoms with E-state index < -0.39 is 0 Å². The summed E-state index contributed by atoms with van der Waals surface area (Å²) in [5.74, 6) is 2.33. The van der Waals surface area contributed by atoms with Gasteiger partial charge in [0.1, 0.15) is 11.6 Å². The van der Waals surface area contributed by atoms with Crippen molar-refractivity contribution in [3.05, 3.63) is 35.7 Å². The van der Waals surface area contributed by atoms with Crippen LogP contribution in [0.4, 0.5) is 5.13 Å². The van der Waals surface area contributed by atoms with Crippen molar-refractivity contribution < 1.29 is 9.53 Å². The molecule has 6 nitrogen and oxygen atoms in total. The van der Waals surface area contributed by atoms with E-state index in [1.165, 1.54) is 11.5 Å². The van der Waals surface area contributed by atoms with Gasteiger partial charge in [-0.1, -0.05) is 26.0 Å². The molecule has 2 heterocycles.